The molecule has 0 bridgehead atoms. The molecule has 1 atom stereocenters. The molecule has 19 heavy (non-hydrogen) atoms. The normalized spacial score (nSPS) is 20.8. The second-order valence-corrected chi connectivity index (χ2v) is 6.69. The van der Waals surface area contributed by atoms with E-state index in [1.54, 1.807) is 0 Å². The molecule has 1 aromatic rings. The van der Waals surface area contributed by atoms with Crippen LogP contribution in [-0.4, -0.2) is 31.9 Å². The third kappa shape index (κ3) is 3.13. The second-order valence-electron chi connectivity index (χ2n) is 4.80. The Kier molecular flexibility index (Phi) is 4.54. The molecule has 1 aliphatic rings. The van der Waals surface area contributed by atoms with Gasteiger partial charge in [0.1, 0.15) is 5.82 Å². The molecule has 0 aliphatic carbocycles. The minimum atomic E-state index is -3.59. The lowest BCUT2D eigenvalue weighted by atomic mass is 10.1. The predicted octanol–water partition coefficient (Wildman–Crippen LogP) is 1.72. The molecule has 0 aromatic heterocycles. The minimum absolute atomic E-state index is 0.00295. The summed E-state index contributed by atoms with van der Waals surface area (Å²) in [7, 11) is -3.59. The zero-order valence-corrected chi connectivity index (χ0v) is 11.6. The number of nitrogens with two attached hydrogens (primary N) is 1. The molecule has 0 radical (unpaired) electrons. The van der Waals surface area contributed by atoms with Gasteiger partial charge in [0.05, 0.1) is 4.90 Å². The third-order valence-corrected chi connectivity index (χ3v) is 5.42. The standard InChI is InChI=1S/C13H19FN2O2S/c14-11-4-1-7-13(10-11)19(17,18)16-9-3-6-12(16)5-2-8-15/h1,4,7,10,12H,2-3,5-6,8-9,15H2. The Labute approximate surface area is 113 Å². The summed E-state index contributed by atoms with van der Waals surface area (Å²) >= 11 is 0. The quantitative estimate of drug-likeness (QED) is 0.896. The van der Waals surface area contributed by atoms with Crippen LogP contribution in [0.25, 0.3) is 0 Å². The van der Waals surface area contributed by atoms with Crippen molar-refractivity contribution in [3.63, 3.8) is 0 Å². The first kappa shape index (κ1) is 14.4. The number of halogens is 1. The van der Waals surface area contributed by atoms with E-state index in [4.69, 9.17) is 5.73 Å². The van der Waals surface area contributed by atoms with Crippen molar-refractivity contribution >= 4 is 10.0 Å². The van der Waals surface area contributed by atoms with Crippen LogP contribution < -0.4 is 5.73 Å². The minimum Gasteiger partial charge on any atom is -0.330 e. The first-order valence-corrected chi connectivity index (χ1v) is 7.97. The fourth-order valence-electron chi connectivity index (χ4n) is 2.53. The van der Waals surface area contributed by atoms with E-state index >= 15 is 0 Å². The molecule has 1 saturated heterocycles. The molecule has 0 saturated carbocycles. The highest BCUT2D eigenvalue weighted by molar-refractivity contribution is 7.89. The first-order valence-electron chi connectivity index (χ1n) is 6.53. The van der Waals surface area contributed by atoms with E-state index in [9.17, 15) is 12.8 Å². The van der Waals surface area contributed by atoms with Gasteiger partial charge in [-0.25, -0.2) is 12.8 Å². The van der Waals surface area contributed by atoms with Crippen LogP contribution in [0.5, 0.6) is 0 Å². The van der Waals surface area contributed by atoms with Gasteiger partial charge in [-0.1, -0.05) is 6.07 Å². The van der Waals surface area contributed by atoms with Crippen LogP contribution in [0.4, 0.5) is 4.39 Å². The molecule has 106 valence electrons. The van der Waals surface area contributed by atoms with Gasteiger partial charge in [0.15, 0.2) is 0 Å². The van der Waals surface area contributed by atoms with Crippen molar-refractivity contribution in [2.24, 2.45) is 5.73 Å². The van der Waals surface area contributed by atoms with Crippen LogP contribution in [0.3, 0.4) is 0 Å². The molecule has 1 heterocycles. The molecule has 1 aromatic carbocycles. The summed E-state index contributed by atoms with van der Waals surface area (Å²) in [6.45, 7) is 1.07. The van der Waals surface area contributed by atoms with Crippen molar-refractivity contribution < 1.29 is 12.8 Å². The molecule has 1 unspecified atom stereocenters. The summed E-state index contributed by atoms with van der Waals surface area (Å²) < 4.78 is 39.7. The highest BCUT2D eigenvalue weighted by Gasteiger charge is 2.34. The Hall–Kier alpha value is -0.980. The summed E-state index contributed by atoms with van der Waals surface area (Å²) in [5.41, 5.74) is 5.47. The lowest BCUT2D eigenvalue weighted by molar-refractivity contribution is 0.365. The van der Waals surface area contributed by atoms with Gasteiger partial charge in [-0.15, -0.1) is 0 Å². The highest BCUT2D eigenvalue weighted by atomic mass is 32.2. The molecule has 4 nitrogen and oxygen atoms in total. The second kappa shape index (κ2) is 5.98. The maximum absolute atomic E-state index is 13.2. The molecular formula is C13H19FN2O2S. The zero-order chi connectivity index (χ0) is 13.9. The van der Waals surface area contributed by atoms with Gasteiger partial charge >= 0.3 is 0 Å². The Morgan fingerprint density at radius 3 is 2.89 bits per heavy atom. The van der Waals surface area contributed by atoms with Crippen LogP contribution in [0.1, 0.15) is 25.7 Å². The first-order chi connectivity index (χ1) is 9.05. The Balaban J connectivity index is 2.23. The zero-order valence-electron chi connectivity index (χ0n) is 10.8. The maximum atomic E-state index is 13.2. The van der Waals surface area contributed by atoms with Crippen LogP contribution in [-0.2, 0) is 10.0 Å². The van der Waals surface area contributed by atoms with Crippen LogP contribution in [0.2, 0.25) is 0 Å². The predicted molar refractivity (Wildman–Crippen MR) is 71.6 cm³/mol. The topological polar surface area (TPSA) is 63.4 Å². The molecular weight excluding hydrogens is 267 g/mol. The van der Waals surface area contributed by atoms with Gasteiger partial charge in [-0.05, 0) is 50.4 Å². The summed E-state index contributed by atoms with van der Waals surface area (Å²) in [6, 6.07) is 5.18. The van der Waals surface area contributed by atoms with Crippen molar-refractivity contribution in [2.75, 3.05) is 13.1 Å². The number of benzene rings is 1. The van der Waals surface area contributed by atoms with Crippen molar-refractivity contribution in [1.29, 1.82) is 0 Å². The molecule has 1 aliphatic heterocycles. The summed E-state index contributed by atoms with van der Waals surface area (Å²) in [4.78, 5) is 0.0344. The van der Waals surface area contributed by atoms with Gasteiger partial charge in [0.2, 0.25) is 10.0 Å². The van der Waals surface area contributed by atoms with Gasteiger partial charge in [-0.3, -0.25) is 0 Å². The molecule has 6 heteroatoms. The third-order valence-electron chi connectivity index (χ3n) is 3.47. The van der Waals surface area contributed by atoms with Crippen LogP contribution in [0, 0.1) is 5.82 Å². The van der Waals surface area contributed by atoms with E-state index in [0.717, 1.165) is 31.7 Å². The van der Waals surface area contributed by atoms with E-state index in [1.165, 1.54) is 22.5 Å². The molecule has 2 rings (SSSR count). The molecule has 2 N–H and O–H groups in total. The Morgan fingerprint density at radius 1 is 1.42 bits per heavy atom. The smallest absolute Gasteiger partial charge is 0.243 e. The van der Waals surface area contributed by atoms with Gasteiger partial charge in [0.25, 0.3) is 0 Å². The van der Waals surface area contributed by atoms with Gasteiger partial charge < -0.3 is 5.73 Å². The average Bonchev–Trinajstić information content (AvgIpc) is 2.85. The number of sulfonamides is 1. The van der Waals surface area contributed by atoms with E-state index in [0.29, 0.717) is 13.1 Å². The number of hydrogen-bond donors (Lipinski definition) is 1. The summed E-state index contributed by atoms with van der Waals surface area (Å²) in [6.07, 6.45) is 3.28. The van der Waals surface area contributed by atoms with E-state index in [2.05, 4.69) is 0 Å². The van der Waals surface area contributed by atoms with E-state index < -0.39 is 15.8 Å². The fourth-order valence-corrected chi connectivity index (χ4v) is 4.29. The molecule has 0 spiro atoms. The van der Waals surface area contributed by atoms with Crippen molar-refractivity contribution in [3.05, 3.63) is 30.1 Å². The monoisotopic (exact) mass is 286 g/mol. The Bertz CT molecular complexity index is 533. The SMILES string of the molecule is NCCCC1CCCN1S(=O)(=O)c1cccc(F)c1. The van der Waals surface area contributed by atoms with Crippen molar-refractivity contribution in [3.8, 4) is 0 Å². The highest BCUT2D eigenvalue weighted by Crippen LogP contribution is 2.28. The maximum Gasteiger partial charge on any atom is 0.243 e. The van der Waals surface area contributed by atoms with Gasteiger partial charge in [0, 0.05) is 12.6 Å². The average molecular weight is 286 g/mol. The van der Waals surface area contributed by atoms with Crippen molar-refractivity contribution in [1.82, 2.24) is 4.31 Å². The Morgan fingerprint density at radius 2 is 2.21 bits per heavy atom. The fraction of sp³-hybridized carbons (Fsp3) is 0.538. The van der Waals surface area contributed by atoms with E-state index in [1.807, 2.05) is 0 Å². The van der Waals surface area contributed by atoms with Crippen LogP contribution in [0.15, 0.2) is 29.2 Å². The van der Waals surface area contributed by atoms with Crippen molar-refractivity contribution in [2.45, 2.75) is 36.6 Å². The van der Waals surface area contributed by atoms with E-state index in [-0.39, 0.29) is 10.9 Å². The number of hydrogen-bond acceptors (Lipinski definition) is 3. The number of rotatable bonds is 5. The molecule has 1 fully saturated rings. The van der Waals surface area contributed by atoms with Crippen LogP contribution >= 0.6 is 0 Å². The molecule has 0 amide bonds. The summed E-state index contributed by atoms with van der Waals surface area (Å²) in [5, 5.41) is 0. The largest absolute Gasteiger partial charge is 0.330 e. The lowest BCUT2D eigenvalue weighted by Crippen LogP contribution is -2.35. The lowest BCUT2D eigenvalue weighted by Gasteiger charge is -2.24. The van der Waals surface area contributed by atoms with Gasteiger partial charge in [-0.2, -0.15) is 4.31 Å². The summed E-state index contributed by atoms with van der Waals surface area (Å²) in [5.74, 6) is -0.529. The number of nitrogens with zero attached hydrogens (tertiary/aromatic N) is 1.